The molecular weight excluding hydrogens is 430 g/mol. The normalized spacial score (nSPS) is 19.3. The van der Waals surface area contributed by atoms with Gasteiger partial charge in [-0.05, 0) is 30.2 Å². The number of imidazole rings is 1. The maximum atomic E-state index is 12.6. The van der Waals surface area contributed by atoms with E-state index in [2.05, 4.69) is 45.8 Å². The van der Waals surface area contributed by atoms with Crippen molar-refractivity contribution in [1.82, 2.24) is 40.9 Å². The van der Waals surface area contributed by atoms with Crippen LogP contribution in [-0.2, 0) is 11.2 Å². The van der Waals surface area contributed by atoms with Gasteiger partial charge < -0.3 is 19.9 Å². The summed E-state index contributed by atoms with van der Waals surface area (Å²) >= 11 is 7.58. The van der Waals surface area contributed by atoms with Crippen LogP contribution in [0.5, 0.6) is 0 Å². The minimum absolute atomic E-state index is 0.147. The first-order chi connectivity index (χ1) is 14.5. The number of hydrogen-bond acceptors (Lipinski definition) is 9. The van der Waals surface area contributed by atoms with E-state index in [0.29, 0.717) is 30.4 Å². The number of H-pyrrole nitrogens is 2. The topological polar surface area (TPSA) is 138 Å². The van der Waals surface area contributed by atoms with E-state index in [-0.39, 0.29) is 23.9 Å². The van der Waals surface area contributed by atoms with Gasteiger partial charge in [-0.3, -0.25) is 4.79 Å². The zero-order chi connectivity index (χ0) is 21.3. The number of aromatic nitrogens is 7. The maximum absolute atomic E-state index is 12.6. The minimum Gasteiger partial charge on any atom is -0.377 e. The molecule has 0 radical (unpaired) electrons. The number of aromatic amines is 2. The molecule has 0 spiro atoms. The van der Waals surface area contributed by atoms with Gasteiger partial charge in [0, 0.05) is 20.2 Å². The van der Waals surface area contributed by atoms with Crippen molar-refractivity contribution < 1.29 is 9.53 Å². The van der Waals surface area contributed by atoms with Gasteiger partial charge in [0.25, 0.3) is 5.91 Å². The second-order valence-electron chi connectivity index (χ2n) is 6.96. The highest BCUT2D eigenvalue weighted by atomic mass is 35.5. The molecule has 1 aliphatic heterocycles. The van der Waals surface area contributed by atoms with Crippen molar-refractivity contribution in [3.63, 3.8) is 0 Å². The average Bonchev–Trinajstić information content (AvgIpc) is 3.47. The van der Waals surface area contributed by atoms with Crippen LogP contribution in [0, 0.1) is 6.92 Å². The highest BCUT2D eigenvalue weighted by molar-refractivity contribution is 7.19. The Bertz CT molecular complexity index is 1020. The second kappa shape index (κ2) is 8.66. The van der Waals surface area contributed by atoms with E-state index in [1.54, 1.807) is 7.11 Å². The third-order valence-electron chi connectivity index (χ3n) is 5.09. The largest absolute Gasteiger partial charge is 0.377 e. The van der Waals surface area contributed by atoms with Crippen LogP contribution < -0.4 is 10.2 Å². The lowest BCUT2D eigenvalue weighted by molar-refractivity contribution is 0.0538. The molecule has 0 aromatic carbocycles. The van der Waals surface area contributed by atoms with Gasteiger partial charge in [-0.25, -0.2) is 15.1 Å². The molecule has 0 bridgehead atoms. The molecule has 160 valence electrons. The summed E-state index contributed by atoms with van der Waals surface area (Å²) in [6.45, 7) is 5.20. The summed E-state index contributed by atoms with van der Waals surface area (Å²) in [5.74, 6) is 0.530. The van der Waals surface area contributed by atoms with E-state index >= 15 is 0 Å². The van der Waals surface area contributed by atoms with Crippen molar-refractivity contribution in [1.29, 1.82) is 0 Å². The molecular formula is C17H22ClN9O2S. The standard InChI is InChI=1S/C17H22ClN9O2S/c1-4-9-13(18)22-15(20-9)16(28)21-10-5-6-27(7-11(10)29-3)17-19-8(2)12(30-17)14-23-25-26-24-14/h10-11H,4-7H2,1-3H3,(H,20,22)(H,21,28)(H,23,24,25,26). The molecule has 1 amide bonds. The van der Waals surface area contributed by atoms with Crippen LogP contribution in [0.2, 0.25) is 5.15 Å². The van der Waals surface area contributed by atoms with E-state index < -0.39 is 0 Å². The summed E-state index contributed by atoms with van der Waals surface area (Å²) in [5, 5.41) is 18.2. The Kier molecular flexibility index (Phi) is 5.97. The molecule has 1 saturated heterocycles. The van der Waals surface area contributed by atoms with Crippen molar-refractivity contribution in [2.75, 3.05) is 25.1 Å². The van der Waals surface area contributed by atoms with Crippen LogP contribution in [-0.4, -0.2) is 73.8 Å². The summed E-state index contributed by atoms with van der Waals surface area (Å²) in [6.07, 6.45) is 1.19. The number of nitrogens with zero attached hydrogens (tertiary/aromatic N) is 6. The Morgan fingerprint density at radius 1 is 1.43 bits per heavy atom. The van der Waals surface area contributed by atoms with Gasteiger partial charge in [0.15, 0.2) is 21.9 Å². The monoisotopic (exact) mass is 451 g/mol. The first-order valence-corrected chi connectivity index (χ1v) is 10.7. The second-order valence-corrected chi connectivity index (χ2v) is 8.29. The molecule has 2 unspecified atom stereocenters. The quantitative estimate of drug-likeness (QED) is 0.513. The summed E-state index contributed by atoms with van der Waals surface area (Å²) < 4.78 is 5.68. The number of piperidine rings is 1. The number of hydrogen-bond donors (Lipinski definition) is 3. The lowest BCUT2D eigenvalue weighted by atomic mass is 10.0. The predicted molar refractivity (Wildman–Crippen MR) is 112 cm³/mol. The number of rotatable bonds is 6. The minimum atomic E-state index is -0.290. The smallest absolute Gasteiger partial charge is 0.287 e. The van der Waals surface area contributed by atoms with Crippen molar-refractivity contribution in [2.24, 2.45) is 0 Å². The summed E-state index contributed by atoms with van der Waals surface area (Å²) in [6, 6.07) is -0.147. The van der Waals surface area contributed by atoms with E-state index in [1.165, 1.54) is 11.3 Å². The zero-order valence-corrected chi connectivity index (χ0v) is 18.3. The number of thiazole rings is 1. The molecule has 1 fully saturated rings. The Morgan fingerprint density at radius 3 is 2.93 bits per heavy atom. The molecule has 0 saturated carbocycles. The number of tetrazole rings is 1. The first-order valence-electron chi connectivity index (χ1n) is 9.54. The number of amides is 1. The number of ether oxygens (including phenoxy) is 1. The number of carbonyl (C=O) groups is 1. The van der Waals surface area contributed by atoms with Gasteiger partial charge in [0.2, 0.25) is 0 Å². The van der Waals surface area contributed by atoms with Crippen LogP contribution in [0.3, 0.4) is 0 Å². The molecule has 2 atom stereocenters. The fourth-order valence-corrected chi connectivity index (χ4v) is 4.76. The SMILES string of the molecule is CCc1[nH]c(C(=O)NC2CCN(c3nc(C)c(-c4nnn[nH]4)s3)CC2OC)nc1Cl. The molecule has 4 rings (SSSR count). The Morgan fingerprint density at radius 2 is 2.27 bits per heavy atom. The van der Waals surface area contributed by atoms with Crippen LogP contribution in [0.25, 0.3) is 10.7 Å². The fraction of sp³-hybridized carbons (Fsp3) is 0.529. The van der Waals surface area contributed by atoms with E-state index in [4.69, 9.17) is 16.3 Å². The molecule has 0 aliphatic carbocycles. The first kappa shape index (κ1) is 20.7. The summed E-state index contributed by atoms with van der Waals surface area (Å²) in [4.78, 5) is 27.4. The molecule has 11 nitrogen and oxygen atoms in total. The van der Waals surface area contributed by atoms with Gasteiger partial charge >= 0.3 is 0 Å². The van der Waals surface area contributed by atoms with E-state index in [9.17, 15) is 4.79 Å². The van der Waals surface area contributed by atoms with Gasteiger partial charge in [0.1, 0.15) is 0 Å². The highest BCUT2D eigenvalue weighted by Gasteiger charge is 2.33. The highest BCUT2D eigenvalue weighted by Crippen LogP contribution is 2.33. The number of aryl methyl sites for hydroxylation is 2. The molecule has 30 heavy (non-hydrogen) atoms. The van der Waals surface area contributed by atoms with Crippen LogP contribution in [0.4, 0.5) is 5.13 Å². The fourth-order valence-electron chi connectivity index (χ4n) is 3.45. The van der Waals surface area contributed by atoms with Crippen LogP contribution >= 0.6 is 22.9 Å². The van der Waals surface area contributed by atoms with Gasteiger partial charge in [-0.1, -0.05) is 29.9 Å². The third kappa shape index (κ3) is 4.02. The molecule has 13 heteroatoms. The number of anilines is 1. The predicted octanol–water partition coefficient (Wildman–Crippen LogP) is 1.59. The molecule has 1 aliphatic rings. The number of methoxy groups -OCH3 is 1. The Labute approximate surface area is 181 Å². The van der Waals surface area contributed by atoms with Crippen molar-refractivity contribution in [2.45, 2.75) is 38.8 Å². The molecule has 3 aromatic heterocycles. The Hall–Kier alpha value is -2.57. The molecule has 4 heterocycles. The number of carbonyl (C=O) groups excluding carboxylic acids is 1. The summed E-state index contributed by atoms with van der Waals surface area (Å²) in [7, 11) is 1.64. The number of nitrogens with one attached hydrogen (secondary N) is 3. The average molecular weight is 452 g/mol. The summed E-state index contributed by atoms with van der Waals surface area (Å²) in [5.41, 5.74) is 1.61. The van der Waals surface area contributed by atoms with Crippen molar-refractivity contribution in [3.8, 4) is 10.7 Å². The maximum Gasteiger partial charge on any atom is 0.287 e. The third-order valence-corrected chi connectivity index (χ3v) is 6.63. The number of halogens is 1. The van der Waals surface area contributed by atoms with E-state index in [1.807, 2.05) is 13.8 Å². The lowest BCUT2D eigenvalue weighted by Crippen LogP contribution is -2.55. The van der Waals surface area contributed by atoms with Crippen LogP contribution in [0.1, 0.15) is 35.4 Å². The van der Waals surface area contributed by atoms with Crippen molar-refractivity contribution in [3.05, 3.63) is 22.4 Å². The van der Waals surface area contributed by atoms with Gasteiger partial charge in [-0.15, -0.1) is 5.10 Å². The van der Waals surface area contributed by atoms with Gasteiger partial charge in [0.05, 0.1) is 28.4 Å². The van der Waals surface area contributed by atoms with Gasteiger partial charge in [-0.2, -0.15) is 0 Å². The molecule has 3 N–H and O–H groups in total. The molecule has 3 aromatic rings. The zero-order valence-electron chi connectivity index (χ0n) is 16.8. The van der Waals surface area contributed by atoms with E-state index in [0.717, 1.165) is 27.9 Å². The lowest BCUT2D eigenvalue weighted by Gasteiger charge is -2.37. The Balaban J connectivity index is 1.44. The van der Waals surface area contributed by atoms with Crippen LogP contribution in [0.15, 0.2) is 0 Å². The van der Waals surface area contributed by atoms with Crippen molar-refractivity contribution >= 4 is 34.0 Å².